The summed E-state index contributed by atoms with van der Waals surface area (Å²) >= 11 is 0. The normalized spacial score (nSPS) is 13.6. The van der Waals surface area contributed by atoms with Crippen molar-refractivity contribution in [1.82, 2.24) is 19.6 Å². The number of benzene rings is 1. The summed E-state index contributed by atoms with van der Waals surface area (Å²) in [6, 6.07) is 7.83. The fourth-order valence-corrected chi connectivity index (χ4v) is 3.76. The van der Waals surface area contributed by atoms with E-state index in [4.69, 9.17) is 19.3 Å². The number of nitrogens with zero attached hydrogens (tertiary/aromatic N) is 4. The molecule has 8 nitrogen and oxygen atoms in total. The SMILES string of the molecule is C=CCN1CCc2c(c(CN(CCOC)C(=O)OC)nn2-c2ccccc2OC)C1. The number of methoxy groups -OCH3 is 3. The van der Waals surface area contributed by atoms with Crippen molar-refractivity contribution in [2.75, 3.05) is 47.6 Å². The molecule has 0 atom stereocenters. The Morgan fingerprint density at radius 3 is 2.80 bits per heavy atom. The van der Waals surface area contributed by atoms with Crippen LogP contribution in [-0.2, 0) is 29.0 Å². The van der Waals surface area contributed by atoms with E-state index in [2.05, 4.69) is 11.5 Å². The molecule has 162 valence electrons. The van der Waals surface area contributed by atoms with Crippen molar-refractivity contribution in [1.29, 1.82) is 0 Å². The van der Waals surface area contributed by atoms with Gasteiger partial charge < -0.3 is 14.2 Å². The maximum atomic E-state index is 12.3. The zero-order valence-electron chi connectivity index (χ0n) is 18.0. The Morgan fingerprint density at radius 2 is 2.10 bits per heavy atom. The molecule has 1 aliphatic heterocycles. The van der Waals surface area contributed by atoms with E-state index in [1.54, 1.807) is 19.1 Å². The number of amides is 1. The molecule has 1 aromatic heterocycles. The van der Waals surface area contributed by atoms with Crippen LogP contribution in [0.2, 0.25) is 0 Å². The molecule has 0 saturated carbocycles. The highest BCUT2D eigenvalue weighted by molar-refractivity contribution is 5.67. The van der Waals surface area contributed by atoms with E-state index in [1.165, 1.54) is 7.11 Å². The number of hydrogen-bond acceptors (Lipinski definition) is 6. The molecule has 0 spiro atoms. The fraction of sp³-hybridized carbons (Fsp3) is 0.455. The monoisotopic (exact) mass is 414 g/mol. The van der Waals surface area contributed by atoms with Crippen LogP contribution in [0.15, 0.2) is 36.9 Å². The summed E-state index contributed by atoms with van der Waals surface area (Å²) in [5.41, 5.74) is 4.03. The van der Waals surface area contributed by atoms with Gasteiger partial charge in [0.2, 0.25) is 0 Å². The van der Waals surface area contributed by atoms with Crippen LogP contribution in [0.3, 0.4) is 0 Å². The van der Waals surface area contributed by atoms with Crippen LogP contribution in [0.4, 0.5) is 4.79 Å². The number of carbonyl (C=O) groups is 1. The molecule has 2 heterocycles. The van der Waals surface area contributed by atoms with Crippen molar-refractivity contribution in [3.8, 4) is 11.4 Å². The summed E-state index contributed by atoms with van der Waals surface area (Å²) in [5, 5.41) is 4.92. The molecule has 1 amide bonds. The van der Waals surface area contributed by atoms with Crippen LogP contribution >= 0.6 is 0 Å². The minimum absolute atomic E-state index is 0.350. The molecular formula is C22H30N4O4. The highest BCUT2D eigenvalue weighted by atomic mass is 16.5. The molecule has 0 unspecified atom stereocenters. The zero-order chi connectivity index (χ0) is 21.5. The third-order valence-electron chi connectivity index (χ3n) is 5.26. The van der Waals surface area contributed by atoms with Crippen molar-refractivity contribution in [3.63, 3.8) is 0 Å². The van der Waals surface area contributed by atoms with Gasteiger partial charge in [-0.3, -0.25) is 9.80 Å². The van der Waals surface area contributed by atoms with E-state index < -0.39 is 6.09 Å². The number of hydrogen-bond donors (Lipinski definition) is 0. The van der Waals surface area contributed by atoms with Crippen molar-refractivity contribution < 1.29 is 19.0 Å². The zero-order valence-corrected chi connectivity index (χ0v) is 18.0. The summed E-state index contributed by atoms with van der Waals surface area (Å²) in [6.45, 7) is 7.55. The Labute approximate surface area is 177 Å². The number of carbonyl (C=O) groups excluding carboxylic acids is 1. The second-order valence-corrected chi connectivity index (χ2v) is 7.11. The van der Waals surface area contributed by atoms with E-state index in [9.17, 15) is 4.79 Å². The van der Waals surface area contributed by atoms with Gasteiger partial charge in [-0.25, -0.2) is 9.48 Å². The fourth-order valence-electron chi connectivity index (χ4n) is 3.76. The topological polar surface area (TPSA) is 69.1 Å². The lowest BCUT2D eigenvalue weighted by molar-refractivity contribution is 0.0995. The molecular weight excluding hydrogens is 384 g/mol. The predicted octanol–water partition coefficient (Wildman–Crippen LogP) is 2.64. The van der Waals surface area contributed by atoms with E-state index in [0.29, 0.717) is 19.7 Å². The van der Waals surface area contributed by atoms with Gasteiger partial charge in [0.05, 0.1) is 38.8 Å². The van der Waals surface area contributed by atoms with E-state index >= 15 is 0 Å². The van der Waals surface area contributed by atoms with E-state index in [1.807, 2.05) is 35.0 Å². The van der Waals surface area contributed by atoms with Gasteiger partial charge in [-0.1, -0.05) is 18.2 Å². The second-order valence-electron chi connectivity index (χ2n) is 7.11. The lowest BCUT2D eigenvalue weighted by Crippen LogP contribution is -2.35. The van der Waals surface area contributed by atoms with Crippen LogP contribution in [0, 0.1) is 0 Å². The summed E-state index contributed by atoms with van der Waals surface area (Å²) in [6.07, 6.45) is 2.37. The van der Waals surface area contributed by atoms with Crippen LogP contribution in [0.25, 0.3) is 5.69 Å². The second kappa shape index (κ2) is 10.3. The quantitative estimate of drug-likeness (QED) is 0.588. The first-order chi connectivity index (χ1) is 14.6. The van der Waals surface area contributed by atoms with Crippen molar-refractivity contribution in [3.05, 3.63) is 53.9 Å². The first kappa shape index (κ1) is 21.9. The van der Waals surface area contributed by atoms with Crippen LogP contribution in [0.5, 0.6) is 5.75 Å². The number of para-hydroxylation sites is 2. The molecule has 0 saturated heterocycles. The Hall–Kier alpha value is -2.84. The largest absolute Gasteiger partial charge is 0.494 e. The summed E-state index contributed by atoms with van der Waals surface area (Å²) in [4.78, 5) is 16.2. The van der Waals surface area contributed by atoms with Gasteiger partial charge in [-0.15, -0.1) is 6.58 Å². The summed E-state index contributed by atoms with van der Waals surface area (Å²) in [5.74, 6) is 0.757. The van der Waals surface area contributed by atoms with Crippen molar-refractivity contribution in [2.45, 2.75) is 19.5 Å². The minimum atomic E-state index is -0.397. The average Bonchev–Trinajstić information content (AvgIpc) is 3.13. The highest BCUT2D eigenvalue weighted by Gasteiger charge is 2.28. The third-order valence-corrected chi connectivity index (χ3v) is 5.26. The number of fused-ring (bicyclic) bond motifs is 1. The van der Waals surface area contributed by atoms with Gasteiger partial charge in [0.25, 0.3) is 0 Å². The summed E-state index contributed by atoms with van der Waals surface area (Å²) < 4.78 is 17.6. The average molecular weight is 415 g/mol. The van der Waals surface area contributed by atoms with Gasteiger partial charge in [0.15, 0.2) is 0 Å². The smallest absolute Gasteiger partial charge is 0.409 e. The lowest BCUT2D eigenvalue weighted by Gasteiger charge is -2.27. The number of ether oxygens (including phenoxy) is 3. The molecule has 2 aromatic rings. The molecule has 1 aromatic carbocycles. The van der Waals surface area contributed by atoms with Crippen molar-refractivity contribution in [2.24, 2.45) is 0 Å². The Kier molecular flexibility index (Phi) is 7.48. The standard InChI is InChI=1S/C22H30N4O4/c1-5-11-24-12-10-19-17(15-24)18(16-25(13-14-28-2)22(27)30-4)23-26(19)20-8-6-7-9-21(20)29-3/h5-9H,1,10-16H2,2-4H3. The molecule has 0 N–H and O–H groups in total. The molecule has 3 rings (SSSR count). The van der Waals surface area contributed by atoms with E-state index in [0.717, 1.165) is 54.4 Å². The third kappa shape index (κ3) is 4.66. The van der Waals surface area contributed by atoms with Gasteiger partial charge in [-0.2, -0.15) is 5.10 Å². The van der Waals surface area contributed by atoms with Crippen LogP contribution in [-0.4, -0.2) is 73.2 Å². The van der Waals surface area contributed by atoms with E-state index in [-0.39, 0.29) is 0 Å². The summed E-state index contributed by atoms with van der Waals surface area (Å²) in [7, 11) is 4.66. The molecule has 0 bridgehead atoms. The maximum Gasteiger partial charge on any atom is 0.409 e. The first-order valence-electron chi connectivity index (χ1n) is 10.0. The Morgan fingerprint density at radius 1 is 1.30 bits per heavy atom. The molecule has 1 aliphatic rings. The Bertz CT molecular complexity index is 880. The molecule has 0 fully saturated rings. The Balaban J connectivity index is 2.02. The highest BCUT2D eigenvalue weighted by Crippen LogP contribution is 2.30. The van der Waals surface area contributed by atoms with Crippen LogP contribution < -0.4 is 4.74 Å². The molecule has 30 heavy (non-hydrogen) atoms. The van der Waals surface area contributed by atoms with Crippen molar-refractivity contribution >= 4 is 6.09 Å². The van der Waals surface area contributed by atoms with Gasteiger partial charge in [-0.05, 0) is 12.1 Å². The molecule has 0 aliphatic carbocycles. The van der Waals surface area contributed by atoms with Gasteiger partial charge in [0, 0.05) is 45.3 Å². The number of rotatable bonds is 9. The number of aromatic nitrogens is 2. The van der Waals surface area contributed by atoms with Gasteiger partial charge in [0.1, 0.15) is 11.4 Å². The van der Waals surface area contributed by atoms with Crippen LogP contribution in [0.1, 0.15) is 17.0 Å². The lowest BCUT2D eigenvalue weighted by atomic mass is 10.0. The maximum absolute atomic E-state index is 12.3. The predicted molar refractivity (Wildman–Crippen MR) is 114 cm³/mol. The molecule has 8 heteroatoms. The minimum Gasteiger partial charge on any atom is -0.494 e. The first-order valence-corrected chi connectivity index (χ1v) is 10.0. The molecule has 0 radical (unpaired) electrons. The van der Waals surface area contributed by atoms with Gasteiger partial charge >= 0.3 is 6.09 Å².